The molecule has 0 bridgehead atoms. The number of nitrogens with two attached hydrogens (primary N) is 1. The van der Waals surface area contributed by atoms with Crippen LogP contribution in [0.2, 0.25) is 0 Å². The van der Waals surface area contributed by atoms with Gasteiger partial charge >= 0.3 is 0 Å². The van der Waals surface area contributed by atoms with Gasteiger partial charge in [0.25, 0.3) is 0 Å². The van der Waals surface area contributed by atoms with Gasteiger partial charge in [-0.3, -0.25) is 9.88 Å². The molecule has 0 amide bonds. The Hall–Kier alpha value is -0.970. The van der Waals surface area contributed by atoms with E-state index < -0.39 is 0 Å². The molecule has 0 spiro atoms. The Balaban J connectivity index is 2.06. The molecule has 1 aromatic rings. The van der Waals surface area contributed by atoms with Crippen molar-refractivity contribution in [1.82, 2.24) is 14.8 Å². The minimum absolute atomic E-state index is 0.336. The molecule has 2 rings (SSSR count). The average molecular weight is 234 g/mol. The molecule has 2 N–H and O–H groups in total. The van der Waals surface area contributed by atoms with Gasteiger partial charge in [-0.2, -0.15) is 0 Å². The average Bonchev–Trinajstić information content (AvgIpc) is 2.81. The van der Waals surface area contributed by atoms with Crippen LogP contribution in [0.4, 0.5) is 0 Å². The van der Waals surface area contributed by atoms with Crippen molar-refractivity contribution in [3.05, 3.63) is 30.1 Å². The molecule has 1 saturated heterocycles. The Kier molecular flexibility index (Phi) is 4.10. The highest BCUT2D eigenvalue weighted by atomic mass is 15.2. The van der Waals surface area contributed by atoms with Crippen LogP contribution in [0.15, 0.2) is 24.5 Å². The molecule has 4 nitrogen and oxygen atoms in total. The van der Waals surface area contributed by atoms with Gasteiger partial charge in [0.05, 0.1) is 0 Å². The monoisotopic (exact) mass is 234 g/mol. The zero-order chi connectivity index (χ0) is 12.3. The van der Waals surface area contributed by atoms with E-state index in [-0.39, 0.29) is 0 Å². The summed E-state index contributed by atoms with van der Waals surface area (Å²) in [4.78, 5) is 8.86. The van der Waals surface area contributed by atoms with Gasteiger partial charge in [0.15, 0.2) is 0 Å². The normalized spacial score (nSPS) is 23.2. The van der Waals surface area contributed by atoms with Crippen LogP contribution in [-0.2, 0) is 0 Å². The smallest absolute Gasteiger partial charge is 0.0472 e. The van der Waals surface area contributed by atoms with Crippen molar-refractivity contribution in [1.29, 1.82) is 0 Å². The Morgan fingerprint density at radius 3 is 2.71 bits per heavy atom. The highest BCUT2D eigenvalue weighted by molar-refractivity contribution is 5.16. The van der Waals surface area contributed by atoms with Gasteiger partial charge in [-0.1, -0.05) is 0 Å². The van der Waals surface area contributed by atoms with Crippen LogP contribution in [0.5, 0.6) is 0 Å². The van der Waals surface area contributed by atoms with Gasteiger partial charge in [0.2, 0.25) is 0 Å². The van der Waals surface area contributed by atoms with E-state index in [9.17, 15) is 0 Å². The van der Waals surface area contributed by atoms with E-state index in [4.69, 9.17) is 5.73 Å². The summed E-state index contributed by atoms with van der Waals surface area (Å²) in [5, 5.41) is 0. The van der Waals surface area contributed by atoms with Crippen LogP contribution >= 0.6 is 0 Å². The van der Waals surface area contributed by atoms with Crippen LogP contribution in [0.25, 0.3) is 0 Å². The zero-order valence-corrected chi connectivity index (χ0v) is 10.7. The fourth-order valence-corrected chi connectivity index (χ4v) is 2.55. The van der Waals surface area contributed by atoms with Crippen molar-refractivity contribution in [2.75, 3.05) is 33.7 Å². The minimum Gasteiger partial charge on any atom is -0.329 e. The van der Waals surface area contributed by atoms with Crippen molar-refractivity contribution in [2.45, 2.75) is 18.5 Å². The van der Waals surface area contributed by atoms with Crippen molar-refractivity contribution in [2.24, 2.45) is 5.73 Å². The second-order valence-corrected chi connectivity index (χ2v) is 4.93. The number of aromatic nitrogens is 1. The van der Waals surface area contributed by atoms with Crippen molar-refractivity contribution in [3.8, 4) is 0 Å². The summed E-state index contributed by atoms with van der Waals surface area (Å²) in [5.74, 6) is 0. The quantitative estimate of drug-likeness (QED) is 0.834. The van der Waals surface area contributed by atoms with Gasteiger partial charge in [0.1, 0.15) is 0 Å². The van der Waals surface area contributed by atoms with Crippen LogP contribution in [0.1, 0.15) is 18.0 Å². The highest BCUT2D eigenvalue weighted by Crippen LogP contribution is 2.25. The molecule has 2 heterocycles. The maximum Gasteiger partial charge on any atom is 0.0472 e. The maximum absolute atomic E-state index is 5.93. The summed E-state index contributed by atoms with van der Waals surface area (Å²) in [6.45, 7) is 2.91. The molecule has 2 unspecified atom stereocenters. The lowest BCUT2D eigenvalue weighted by Gasteiger charge is -2.28. The van der Waals surface area contributed by atoms with E-state index in [2.05, 4.69) is 41.0 Å². The Labute approximate surface area is 103 Å². The number of nitrogens with zero attached hydrogens (tertiary/aromatic N) is 3. The summed E-state index contributed by atoms with van der Waals surface area (Å²) in [7, 11) is 4.30. The fourth-order valence-electron chi connectivity index (χ4n) is 2.55. The first-order chi connectivity index (χ1) is 8.22. The molecule has 1 aliphatic heterocycles. The first-order valence-corrected chi connectivity index (χ1v) is 6.23. The predicted molar refractivity (Wildman–Crippen MR) is 69.7 cm³/mol. The molecule has 0 aliphatic carbocycles. The molecular weight excluding hydrogens is 212 g/mol. The third-order valence-corrected chi connectivity index (χ3v) is 3.68. The van der Waals surface area contributed by atoms with E-state index in [0.29, 0.717) is 18.6 Å². The molecule has 17 heavy (non-hydrogen) atoms. The van der Waals surface area contributed by atoms with Gasteiger partial charge in [-0.15, -0.1) is 0 Å². The summed E-state index contributed by atoms with van der Waals surface area (Å²) >= 11 is 0. The third-order valence-electron chi connectivity index (χ3n) is 3.68. The molecular formula is C13H22N4. The van der Waals surface area contributed by atoms with Crippen LogP contribution in [0, 0.1) is 0 Å². The van der Waals surface area contributed by atoms with Gasteiger partial charge in [-0.05, 0) is 38.2 Å². The first-order valence-electron chi connectivity index (χ1n) is 6.23. The molecule has 1 aliphatic rings. The molecule has 2 atom stereocenters. The molecule has 0 saturated carbocycles. The Morgan fingerprint density at radius 2 is 2.18 bits per heavy atom. The van der Waals surface area contributed by atoms with E-state index in [1.165, 1.54) is 12.0 Å². The number of likely N-dealkylation sites (N-methyl/N-ethyl adjacent to an activating group) is 1. The largest absolute Gasteiger partial charge is 0.329 e. The molecule has 4 heteroatoms. The third kappa shape index (κ3) is 2.83. The van der Waals surface area contributed by atoms with E-state index in [1.807, 2.05) is 12.4 Å². The van der Waals surface area contributed by atoms with Gasteiger partial charge in [-0.25, -0.2) is 0 Å². The Bertz CT molecular complexity index is 339. The van der Waals surface area contributed by atoms with Crippen LogP contribution < -0.4 is 5.73 Å². The predicted octanol–water partition coefficient (Wildman–Crippen LogP) is 0.717. The number of hydrogen-bond acceptors (Lipinski definition) is 4. The summed E-state index contributed by atoms with van der Waals surface area (Å²) in [6, 6.07) is 5.13. The summed E-state index contributed by atoms with van der Waals surface area (Å²) < 4.78 is 0. The molecule has 94 valence electrons. The summed E-state index contributed by atoms with van der Waals surface area (Å²) in [6.07, 6.45) is 4.92. The Morgan fingerprint density at radius 1 is 1.47 bits per heavy atom. The minimum atomic E-state index is 0.336. The first kappa shape index (κ1) is 12.5. The zero-order valence-electron chi connectivity index (χ0n) is 10.7. The molecule has 1 aromatic heterocycles. The lowest BCUT2D eigenvalue weighted by atomic mass is 10.1. The number of rotatable bonds is 4. The topological polar surface area (TPSA) is 45.4 Å². The van der Waals surface area contributed by atoms with Crippen molar-refractivity contribution >= 4 is 0 Å². The van der Waals surface area contributed by atoms with Crippen LogP contribution in [0.3, 0.4) is 0 Å². The van der Waals surface area contributed by atoms with E-state index >= 15 is 0 Å². The highest BCUT2D eigenvalue weighted by Gasteiger charge is 2.29. The fraction of sp³-hybridized carbons (Fsp3) is 0.615. The summed E-state index contributed by atoms with van der Waals surface area (Å²) in [5.41, 5.74) is 7.21. The maximum atomic E-state index is 5.93. The van der Waals surface area contributed by atoms with Gasteiger partial charge < -0.3 is 10.6 Å². The second kappa shape index (κ2) is 5.58. The van der Waals surface area contributed by atoms with Crippen LogP contribution in [-0.4, -0.2) is 54.6 Å². The SMILES string of the molecule is CN(C)C1CCN(C(CN)c2ccncc2)C1. The van der Waals surface area contributed by atoms with Crippen molar-refractivity contribution in [3.63, 3.8) is 0 Å². The number of hydrogen-bond donors (Lipinski definition) is 1. The molecule has 0 aromatic carbocycles. The second-order valence-electron chi connectivity index (χ2n) is 4.93. The van der Waals surface area contributed by atoms with E-state index in [0.717, 1.165) is 13.1 Å². The van der Waals surface area contributed by atoms with E-state index in [1.54, 1.807) is 0 Å². The number of pyridine rings is 1. The lowest BCUT2D eigenvalue weighted by Crippen LogP contribution is -2.36. The standard InChI is InChI=1S/C13H22N4/c1-16(2)12-5-8-17(10-12)13(9-14)11-3-6-15-7-4-11/h3-4,6-7,12-13H,5,8-10,14H2,1-2H3. The number of likely N-dealkylation sites (tertiary alicyclic amines) is 1. The molecule has 0 radical (unpaired) electrons. The lowest BCUT2D eigenvalue weighted by molar-refractivity contribution is 0.220. The van der Waals surface area contributed by atoms with Crippen molar-refractivity contribution < 1.29 is 0 Å². The van der Waals surface area contributed by atoms with Gasteiger partial charge in [0, 0.05) is 44.1 Å². The molecule has 1 fully saturated rings.